The van der Waals surface area contributed by atoms with Crippen molar-refractivity contribution in [1.82, 2.24) is 24.8 Å². The molecule has 0 spiro atoms. The van der Waals surface area contributed by atoms with Crippen LogP contribution in [0.4, 0.5) is 16.2 Å². The summed E-state index contributed by atoms with van der Waals surface area (Å²) in [5.74, 6) is 2.00. The molecule has 2 atom stereocenters. The highest BCUT2D eigenvalue weighted by Gasteiger charge is 2.44. The largest absolute Gasteiger partial charge is 0.497 e. The highest BCUT2D eigenvalue weighted by atomic mass is 19.1. The number of hydrogen-bond acceptors (Lipinski definition) is 7. The Balaban J connectivity index is 1.06. The molecule has 3 aliphatic heterocycles. The highest BCUT2D eigenvalue weighted by Crippen LogP contribution is 2.36. The first-order valence-corrected chi connectivity index (χ1v) is 13.6. The second-order valence-electron chi connectivity index (χ2n) is 10.7. The molecule has 2 bridgehead atoms. The van der Waals surface area contributed by atoms with Crippen molar-refractivity contribution in [3.8, 4) is 17.0 Å². The molecule has 8 nitrogen and oxygen atoms in total. The number of hydrogen-bond donors (Lipinski definition) is 2. The van der Waals surface area contributed by atoms with Crippen LogP contribution in [0.5, 0.6) is 5.75 Å². The van der Waals surface area contributed by atoms with E-state index in [4.69, 9.17) is 19.7 Å². The van der Waals surface area contributed by atoms with E-state index in [-0.39, 0.29) is 5.82 Å². The maximum Gasteiger partial charge on any atom is 0.225 e. The van der Waals surface area contributed by atoms with Crippen molar-refractivity contribution < 1.29 is 9.13 Å². The van der Waals surface area contributed by atoms with E-state index in [2.05, 4.69) is 32.2 Å². The van der Waals surface area contributed by atoms with E-state index >= 15 is 0 Å². The van der Waals surface area contributed by atoms with E-state index in [9.17, 15) is 4.39 Å². The first-order valence-electron chi connectivity index (χ1n) is 13.6. The number of ether oxygens (including phenoxy) is 1. The Morgan fingerprint density at radius 1 is 1.08 bits per heavy atom. The lowest BCUT2D eigenvalue weighted by molar-refractivity contribution is -0.00946. The lowest BCUT2D eigenvalue weighted by Gasteiger charge is -2.56. The van der Waals surface area contributed by atoms with E-state index < -0.39 is 0 Å². The standard InChI is InChI=1S/C29H32FN7O/c1-38-23-8-6-19(25(30)13-23)15-37-21-12-22(37)17-36(16-21)26-9-7-18(14-32-26)27-24-10-11-31-28(24)35-29(34-27)33-20-4-2-3-5-20/h6-11,13-14,20-22H,2-5,12,15-17H2,1H3,(H2,31,33,34,35). The molecule has 6 heterocycles. The Kier molecular flexibility index (Phi) is 5.88. The third-order valence-corrected chi connectivity index (χ3v) is 8.41. The fourth-order valence-electron chi connectivity index (χ4n) is 6.30. The molecule has 1 aliphatic carbocycles. The normalized spacial score (nSPS) is 21.6. The van der Waals surface area contributed by atoms with Crippen LogP contribution in [0.15, 0.2) is 48.8 Å². The van der Waals surface area contributed by atoms with Crippen molar-refractivity contribution in [3.63, 3.8) is 0 Å². The van der Waals surface area contributed by atoms with E-state index in [1.165, 1.54) is 31.7 Å². The Morgan fingerprint density at radius 2 is 1.92 bits per heavy atom. The van der Waals surface area contributed by atoms with Crippen molar-refractivity contribution >= 4 is 22.8 Å². The molecule has 1 aromatic carbocycles. The first-order chi connectivity index (χ1) is 18.6. The van der Waals surface area contributed by atoms with E-state index in [1.54, 1.807) is 7.11 Å². The SMILES string of the molecule is COc1ccc(CN2C3CC2CN(c2ccc(-c4nc(NC5CCCC5)nc5[nH]ccc45)cn2)C3)c(F)c1. The summed E-state index contributed by atoms with van der Waals surface area (Å²) >= 11 is 0. The highest BCUT2D eigenvalue weighted by molar-refractivity contribution is 5.91. The number of rotatable bonds is 7. The molecule has 4 aromatic rings. The molecule has 38 heavy (non-hydrogen) atoms. The van der Waals surface area contributed by atoms with Gasteiger partial charge in [-0.25, -0.2) is 14.4 Å². The minimum absolute atomic E-state index is 0.203. The number of halogens is 1. The van der Waals surface area contributed by atoms with Crippen molar-refractivity contribution in [3.05, 3.63) is 60.2 Å². The number of methoxy groups -OCH3 is 1. The maximum absolute atomic E-state index is 14.5. The first kappa shape index (κ1) is 23.4. The molecule has 0 amide bonds. The molecule has 0 radical (unpaired) electrons. The summed E-state index contributed by atoms with van der Waals surface area (Å²) in [6, 6.07) is 12.6. The van der Waals surface area contributed by atoms with E-state index in [0.717, 1.165) is 53.2 Å². The van der Waals surface area contributed by atoms with E-state index in [1.807, 2.05) is 30.6 Å². The van der Waals surface area contributed by atoms with Gasteiger partial charge < -0.3 is 19.9 Å². The number of benzene rings is 1. The number of piperazine rings is 1. The van der Waals surface area contributed by atoms with Crippen molar-refractivity contribution in [2.24, 2.45) is 0 Å². The Bertz CT molecular complexity index is 1440. The van der Waals surface area contributed by atoms with Crippen LogP contribution in [0, 0.1) is 5.82 Å². The van der Waals surface area contributed by atoms with Gasteiger partial charge in [0, 0.05) is 72.7 Å². The topological polar surface area (TPSA) is 82.2 Å². The zero-order chi connectivity index (χ0) is 25.6. The predicted octanol–water partition coefficient (Wildman–Crippen LogP) is 4.99. The van der Waals surface area contributed by atoms with Gasteiger partial charge in [-0.05, 0) is 43.5 Å². The van der Waals surface area contributed by atoms with Gasteiger partial charge in [-0.3, -0.25) is 4.90 Å². The quantitative estimate of drug-likeness (QED) is 0.361. The van der Waals surface area contributed by atoms with Gasteiger partial charge in [0.25, 0.3) is 0 Å². The van der Waals surface area contributed by atoms with Gasteiger partial charge in [0.15, 0.2) is 0 Å². The summed E-state index contributed by atoms with van der Waals surface area (Å²) in [7, 11) is 1.56. The monoisotopic (exact) mass is 513 g/mol. The molecule has 2 N–H and O–H groups in total. The van der Waals surface area contributed by atoms with Gasteiger partial charge in [-0.15, -0.1) is 0 Å². The lowest BCUT2D eigenvalue weighted by Crippen LogP contribution is -2.68. The van der Waals surface area contributed by atoms with Crippen LogP contribution in [0.1, 0.15) is 37.7 Å². The molecule has 2 unspecified atom stereocenters. The number of anilines is 2. The minimum Gasteiger partial charge on any atom is -0.497 e. The Morgan fingerprint density at radius 3 is 2.66 bits per heavy atom. The van der Waals surface area contributed by atoms with Gasteiger partial charge in [0.05, 0.1) is 12.8 Å². The molecule has 3 aromatic heterocycles. The van der Waals surface area contributed by atoms with Crippen molar-refractivity contribution in [2.45, 2.75) is 56.8 Å². The van der Waals surface area contributed by atoms with Crippen LogP contribution in [0.2, 0.25) is 0 Å². The molecular weight excluding hydrogens is 481 g/mol. The average Bonchev–Trinajstić information content (AvgIpc) is 3.64. The zero-order valence-corrected chi connectivity index (χ0v) is 21.5. The van der Waals surface area contributed by atoms with Gasteiger partial charge in [-0.1, -0.05) is 18.9 Å². The maximum atomic E-state index is 14.5. The van der Waals surface area contributed by atoms with Crippen molar-refractivity contribution in [1.29, 1.82) is 0 Å². The van der Waals surface area contributed by atoms with E-state index in [0.29, 0.717) is 36.4 Å². The predicted molar refractivity (Wildman–Crippen MR) is 146 cm³/mol. The number of pyridine rings is 1. The third-order valence-electron chi connectivity index (χ3n) is 8.41. The number of H-pyrrole nitrogens is 1. The number of aromatic nitrogens is 4. The smallest absolute Gasteiger partial charge is 0.225 e. The average molecular weight is 514 g/mol. The van der Waals surface area contributed by atoms with Crippen LogP contribution in [0.25, 0.3) is 22.3 Å². The third kappa shape index (κ3) is 4.24. The fraction of sp³-hybridized carbons (Fsp3) is 0.414. The second-order valence-corrected chi connectivity index (χ2v) is 10.7. The Labute approximate surface area is 221 Å². The Hall–Kier alpha value is -3.72. The number of nitrogens with one attached hydrogen (secondary N) is 2. The molecule has 9 heteroatoms. The number of piperidine rings is 1. The lowest BCUT2D eigenvalue weighted by atomic mass is 9.86. The number of aromatic amines is 1. The van der Waals surface area contributed by atoms with Gasteiger partial charge in [0.2, 0.25) is 5.95 Å². The molecule has 3 saturated heterocycles. The fourth-order valence-corrected chi connectivity index (χ4v) is 6.30. The van der Waals surface area contributed by atoms with Gasteiger partial charge in [0.1, 0.15) is 23.0 Å². The van der Waals surface area contributed by atoms with Gasteiger partial charge in [-0.2, -0.15) is 4.98 Å². The molecule has 4 fully saturated rings. The summed E-state index contributed by atoms with van der Waals surface area (Å²) < 4.78 is 19.7. The molecule has 196 valence electrons. The van der Waals surface area contributed by atoms with Crippen LogP contribution in [0.3, 0.4) is 0 Å². The van der Waals surface area contributed by atoms with Crippen LogP contribution < -0.4 is 15.0 Å². The minimum atomic E-state index is -0.203. The molecule has 4 aliphatic rings. The summed E-state index contributed by atoms with van der Waals surface area (Å²) in [5, 5.41) is 4.53. The summed E-state index contributed by atoms with van der Waals surface area (Å²) in [5.41, 5.74) is 3.43. The number of nitrogens with zero attached hydrogens (tertiary/aromatic N) is 5. The zero-order valence-electron chi connectivity index (χ0n) is 21.5. The molecule has 8 rings (SSSR count). The summed E-state index contributed by atoms with van der Waals surface area (Å²) in [6.07, 6.45) is 9.84. The van der Waals surface area contributed by atoms with Crippen molar-refractivity contribution in [2.75, 3.05) is 30.4 Å². The van der Waals surface area contributed by atoms with Gasteiger partial charge >= 0.3 is 0 Å². The second kappa shape index (κ2) is 9.54. The number of fused-ring (bicyclic) bond motifs is 3. The van der Waals surface area contributed by atoms with Crippen LogP contribution in [-0.4, -0.2) is 63.2 Å². The van der Waals surface area contributed by atoms with Crippen LogP contribution in [-0.2, 0) is 6.54 Å². The summed E-state index contributed by atoms with van der Waals surface area (Å²) in [4.78, 5) is 22.4. The molecule has 1 saturated carbocycles. The summed E-state index contributed by atoms with van der Waals surface area (Å²) in [6.45, 7) is 2.42. The molecular formula is C29H32FN7O. The van der Waals surface area contributed by atoms with Crippen LogP contribution >= 0.6 is 0 Å².